The number of urea groups is 1. The van der Waals surface area contributed by atoms with Gasteiger partial charge in [0.25, 0.3) is 5.91 Å². The Hall–Kier alpha value is -3.78. The Balaban J connectivity index is 1.07. The van der Waals surface area contributed by atoms with E-state index < -0.39 is 11.6 Å². The second kappa shape index (κ2) is 9.02. The number of amides is 4. The van der Waals surface area contributed by atoms with Gasteiger partial charge in [-0.2, -0.15) is 0 Å². The molecular weight excluding hydrogens is 472 g/mol. The van der Waals surface area contributed by atoms with Gasteiger partial charge in [0.15, 0.2) is 0 Å². The van der Waals surface area contributed by atoms with E-state index in [2.05, 4.69) is 39.8 Å². The maximum Gasteiger partial charge on any atom is 0.325 e. The molecule has 0 bridgehead atoms. The van der Waals surface area contributed by atoms with Crippen molar-refractivity contribution in [3.63, 3.8) is 0 Å². The van der Waals surface area contributed by atoms with Crippen molar-refractivity contribution in [2.24, 2.45) is 0 Å². The molecule has 1 unspecified atom stereocenters. The van der Waals surface area contributed by atoms with E-state index >= 15 is 0 Å². The first kappa shape index (κ1) is 22.7. The Morgan fingerprint density at radius 1 is 0.917 bits per heavy atom. The number of hydrogen-bond acceptors (Lipinski definition) is 5. The highest BCUT2D eigenvalue weighted by Gasteiger charge is 2.55. The number of benzene rings is 3. The highest BCUT2D eigenvalue weighted by molar-refractivity contribution is 7.99. The summed E-state index contributed by atoms with van der Waals surface area (Å²) in [6.45, 7) is 0.906. The lowest BCUT2D eigenvalue weighted by molar-refractivity contribution is -0.135. The van der Waals surface area contributed by atoms with Crippen LogP contribution in [0.25, 0.3) is 0 Å². The fourth-order valence-corrected chi connectivity index (χ4v) is 6.52. The minimum Gasteiger partial charge on any atom is -0.354 e. The molecule has 1 atom stereocenters. The maximum absolute atomic E-state index is 13.3. The predicted molar refractivity (Wildman–Crippen MR) is 138 cm³/mol. The molecule has 3 aromatic carbocycles. The summed E-state index contributed by atoms with van der Waals surface area (Å²) in [4.78, 5) is 44.4. The molecule has 1 aliphatic carbocycles. The zero-order valence-corrected chi connectivity index (χ0v) is 20.5. The second-order valence-electron chi connectivity index (χ2n) is 9.28. The molecule has 0 radical (unpaired) electrons. The van der Waals surface area contributed by atoms with Crippen molar-refractivity contribution in [2.75, 3.05) is 24.5 Å². The van der Waals surface area contributed by atoms with Crippen molar-refractivity contribution < 1.29 is 14.4 Å². The van der Waals surface area contributed by atoms with Crippen molar-refractivity contribution >= 4 is 41.0 Å². The Morgan fingerprint density at radius 3 is 2.33 bits per heavy atom. The van der Waals surface area contributed by atoms with Crippen LogP contribution in [-0.2, 0) is 21.5 Å². The number of nitrogens with one attached hydrogen (secondary N) is 2. The maximum atomic E-state index is 13.3. The van der Waals surface area contributed by atoms with E-state index in [4.69, 9.17) is 0 Å². The fraction of sp³-hybridized carbons (Fsp3) is 0.250. The standard InChI is InChI=1S/C28H26N4O3S/c33-25(18-32-26(34)28(30-27(32)35)15-14-19-8-1-2-9-20(19)28)29-16-7-17-31-21-10-3-5-12-23(21)36-24-13-6-4-11-22(24)31/h1-6,8-13H,7,14-18H2,(H,29,33)(H,30,35). The van der Waals surface area contributed by atoms with Crippen LogP contribution in [0, 0.1) is 0 Å². The molecular formula is C28H26N4O3S. The third kappa shape index (κ3) is 3.73. The molecule has 1 saturated heterocycles. The first-order valence-corrected chi connectivity index (χ1v) is 13.0. The number of rotatable bonds is 6. The first-order valence-electron chi connectivity index (χ1n) is 12.2. The van der Waals surface area contributed by atoms with Crippen LogP contribution in [-0.4, -0.2) is 42.4 Å². The fourth-order valence-electron chi connectivity index (χ4n) is 5.42. The Morgan fingerprint density at radius 2 is 1.58 bits per heavy atom. The molecule has 0 saturated carbocycles. The van der Waals surface area contributed by atoms with E-state index in [9.17, 15) is 14.4 Å². The molecule has 3 aliphatic rings. The average Bonchev–Trinajstić information content (AvgIpc) is 3.38. The second-order valence-corrected chi connectivity index (χ2v) is 10.4. The molecule has 8 heteroatoms. The number of para-hydroxylation sites is 2. The summed E-state index contributed by atoms with van der Waals surface area (Å²) in [5.41, 5.74) is 3.19. The zero-order chi connectivity index (χ0) is 24.7. The molecule has 1 spiro atoms. The van der Waals surface area contributed by atoms with Crippen LogP contribution >= 0.6 is 11.8 Å². The molecule has 2 heterocycles. The monoisotopic (exact) mass is 498 g/mol. The molecule has 36 heavy (non-hydrogen) atoms. The van der Waals surface area contributed by atoms with Crippen molar-refractivity contribution in [2.45, 2.75) is 34.6 Å². The molecule has 2 N–H and O–H groups in total. The molecule has 1 fully saturated rings. The zero-order valence-electron chi connectivity index (χ0n) is 19.7. The Bertz CT molecular complexity index is 1330. The lowest BCUT2D eigenvalue weighted by atomic mass is 9.92. The van der Waals surface area contributed by atoms with Gasteiger partial charge in [-0.3, -0.25) is 14.5 Å². The molecule has 2 aliphatic heterocycles. The molecule has 182 valence electrons. The van der Waals surface area contributed by atoms with Gasteiger partial charge in [-0.05, 0) is 54.7 Å². The van der Waals surface area contributed by atoms with Crippen molar-refractivity contribution in [1.29, 1.82) is 0 Å². The van der Waals surface area contributed by atoms with Gasteiger partial charge in [0, 0.05) is 22.9 Å². The van der Waals surface area contributed by atoms with Gasteiger partial charge in [-0.25, -0.2) is 4.79 Å². The van der Waals surface area contributed by atoms with Crippen LogP contribution in [0.15, 0.2) is 82.6 Å². The van der Waals surface area contributed by atoms with E-state index in [-0.39, 0.29) is 18.4 Å². The van der Waals surface area contributed by atoms with Crippen LogP contribution in [0.1, 0.15) is 24.0 Å². The van der Waals surface area contributed by atoms with Crippen molar-refractivity contribution in [3.05, 3.63) is 83.9 Å². The summed E-state index contributed by atoms with van der Waals surface area (Å²) in [5.74, 6) is -0.677. The lowest BCUT2D eigenvalue weighted by Gasteiger charge is -2.32. The average molecular weight is 499 g/mol. The highest BCUT2D eigenvalue weighted by Crippen LogP contribution is 2.47. The topological polar surface area (TPSA) is 81.8 Å². The van der Waals surface area contributed by atoms with E-state index in [1.165, 1.54) is 9.79 Å². The first-order chi connectivity index (χ1) is 17.6. The van der Waals surface area contributed by atoms with E-state index in [0.717, 1.165) is 46.8 Å². The van der Waals surface area contributed by atoms with E-state index in [0.29, 0.717) is 13.0 Å². The number of anilines is 2. The van der Waals surface area contributed by atoms with Gasteiger partial charge in [0.05, 0.1) is 11.4 Å². The summed E-state index contributed by atoms with van der Waals surface area (Å²) < 4.78 is 0. The molecule has 7 nitrogen and oxygen atoms in total. The minimum absolute atomic E-state index is 0.277. The van der Waals surface area contributed by atoms with Crippen LogP contribution < -0.4 is 15.5 Å². The Labute approximate surface area is 213 Å². The predicted octanol–water partition coefficient (Wildman–Crippen LogP) is 4.19. The van der Waals surface area contributed by atoms with Crippen LogP contribution in [0.5, 0.6) is 0 Å². The van der Waals surface area contributed by atoms with Gasteiger partial charge in [-0.1, -0.05) is 60.3 Å². The molecule has 3 aromatic rings. The number of fused-ring (bicyclic) bond motifs is 4. The van der Waals surface area contributed by atoms with Crippen molar-refractivity contribution in [1.82, 2.24) is 15.5 Å². The summed E-state index contributed by atoms with van der Waals surface area (Å²) in [5, 5.41) is 5.76. The number of aryl methyl sites for hydroxylation is 1. The van der Waals surface area contributed by atoms with Gasteiger partial charge >= 0.3 is 6.03 Å². The number of carbonyl (C=O) groups excluding carboxylic acids is 3. The third-order valence-electron chi connectivity index (χ3n) is 7.14. The summed E-state index contributed by atoms with van der Waals surface area (Å²) >= 11 is 1.77. The number of carbonyl (C=O) groups is 3. The van der Waals surface area contributed by atoms with Crippen LogP contribution in [0.3, 0.4) is 0 Å². The molecule has 4 amide bonds. The largest absolute Gasteiger partial charge is 0.354 e. The van der Waals surface area contributed by atoms with Crippen LogP contribution in [0.2, 0.25) is 0 Å². The van der Waals surface area contributed by atoms with Gasteiger partial charge in [-0.15, -0.1) is 0 Å². The summed E-state index contributed by atoms with van der Waals surface area (Å²) in [6, 6.07) is 23.8. The van der Waals surface area contributed by atoms with Gasteiger partial charge in [0.1, 0.15) is 12.1 Å². The highest BCUT2D eigenvalue weighted by atomic mass is 32.2. The van der Waals surface area contributed by atoms with E-state index in [1.54, 1.807) is 11.8 Å². The SMILES string of the molecule is O=C(CN1C(=O)NC2(CCc3ccccc32)C1=O)NCCCN1c2ccccc2Sc2ccccc21. The molecule has 6 rings (SSSR count). The van der Waals surface area contributed by atoms with Gasteiger partial charge < -0.3 is 15.5 Å². The number of nitrogens with zero attached hydrogens (tertiary/aromatic N) is 2. The Kier molecular flexibility index (Phi) is 5.68. The molecule has 0 aromatic heterocycles. The van der Waals surface area contributed by atoms with Crippen LogP contribution in [0.4, 0.5) is 16.2 Å². The summed E-state index contributed by atoms with van der Waals surface area (Å²) in [7, 11) is 0. The quantitative estimate of drug-likeness (QED) is 0.394. The minimum atomic E-state index is -1.04. The third-order valence-corrected chi connectivity index (χ3v) is 8.27. The van der Waals surface area contributed by atoms with E-state index in [1.807, 2.05) is 48.5 Å². The number of hydrogen-bond donors (Lipinski definition) is 2. The summed E-state index contributed by atoms with van der Waals surface area (Å²) in [6.07, 6.45) is 1.96. The van der Waals surface area contributed by atoms with Gasteiger partial charge in [0.2, 0.25) is 5.91 Å². The normalized spacial score (nSPS) is 19.7. The lowest BCUT2D eigenvalue weighted by Crippen LogP contribution is -2.44. The number of imide groups is 1. The smallest absolute Gasteiger partial charge is 0.325 e. The van der Waals surface area contributed by atoms with Crippen molar-refractivity contribution in [3.8, 4) is 0 Å².